The van der Waals surface area contributed by atoms with Crippen LogP contribution in [0.3, 0.4) is 0 Å². The predicted molar refractivity (Wildman–Crippen MR) is 79.4 cm³/mol. The van der Waals surface area contributed by atoms with E-state index in [1.165, 1.54) is 6.92 Å². The predicted octanol–water partition coefficient (Wildman–Crippen LogP) is 4.88. The minimum absolute atomic E-state index is 0.122. The van der Waals surface area contributed by atoms with E-state index in [0.717, 1.165) is 29.0 Å². The molecule has 114 valence electrons. The molecule has 22 heavy (non-hydrogen) atoms. The van der Waals surface area contributed by atoms with Gasteiger partial charge in [0, 0.05) is 11.4 Å². The van der Waals surface area contributed by atoms with Gasteiger partial charge in [0.05, 0.1) is 11.1 Å². The number of nitriles is 1. The van der Waals surface area contributed by atoms with Gasteiger partial charge in [-0.3, -0.25) is 0 Å². The van der Waals surface area contributed by atoms with Crippen molar-refractivity contribution in [2.45, 2.75) is 30.8 Å². The van der Waals surface area contributed by atoms with Crippen LogP contribution in [0, 0.1) is 25.2 Å². The van der Waals surface area contributed by atoms with Crippen molar-refractivity contribution in [3.63, 3.8) is 0 Å². The molecule has 0 saturated heterocycles. The fourth-order valence-electron chi connectivity index (χ4n) is 2.03. The van der Waals surface area contributed by atoms with Crippen LogP contribution in [0.15, 0.2) is 35.4 Å². The molecule has 0 atom stereocenters. The first-order valence-electron chi connectivity index (χ1n) is 6.48. The molecule has 1 heterocycles. The quantitative estimate of drug-likeness (QED) is 0.756. The number of pyridine rings is 1. The molecule has 0 amide bonds. The molecular formula is C16H13F3N2S. The van der Waals surface area contributed by atoms with Crippen LogP contribution in [0.5, 0.6) is 0 Å². The van der Waals surface area contributed by atoms with Crippen LogP contribution >= 0.6 is 11.8 Å². The van der Waals surface area contributed by atoms with Crippen molar-refractivity contribution in [1.29, 1.82) is 5.26 Å². The van der Waals surface area contributed by atoms with E-state index in [1.807, 2.05) is 31.2 Å². The van der Waals surface area contributed by atoms with Gasteiger partial charge in [-0.1, -0.05) is 29.8 Å². The molecule has 0 fully saturated rings. The normalized spacial score (nSPS) is 11.3. The molecule has 0 N–H and O–H groups in total. The van der Waals surface area contributed by atoms with Gasteiger partial charge in [0.2, 0.25) is 0 Å². The van der Waals surface area contributed by atoms with Crippen LogP contribution in [0.1, 0.15) is 27.9 Å². The number of aromatic nitrogens is 1. The SMILES string of the molecule is Cc1cccc(CSc2nc(C)cc(C(F)(F)F)c2C#N)c1. The van der Waals surface area contributed by atoms with Crippen LogP contribution < -0.4 is 0 Å². The maximum absolute atomic E-state index is 13.0. The molecule has 0 unspecified atom stereocenters. The van der Waals surface area contributed by atoms with Gasteiger partial charge < -0.3 is 0 Å². The monoisotopic (exact) mass is 322 g/mol. The molecule has 6 heteroatoms. The molecule has 0 aliphatic rings. The fourth-order valence-corrected chi connectivity index (χ4v) is 3.03. The van der Waals surface area contributed by atoms with Gasteiger partial charge in [-0.15, -0.1) is 11.8 Å². The average Bonchev–Trinajstić information content (AvgIpc) is 2.43. The minimum atomic E-state index is -4.56. The molecule has 0 spiro atoms. The lowest BCUT2D eigenvalue weighted by Gasteiger charge is -2.12. The van der Waals surface area contributed by atoms with Gasteiger partial charge in [-0.05, 0) is 25.5 Å². The molecule has 0 aliphatic carbocycles. The third kappa shape index (κ3) is 3.80. The summed E-state index contributed by atoms with van der Waals surface area (Å²) in [5, 5.41) is 9.21. The van der Waals surface area contributed by atoms with E-state index in [2.05, 4.69) is 4.98 Å². The Labute approximate surface area is 131 Å². The summed E-state index contributed by atoms with van der Waals surface area (Å²) < 4.78 is 39.1. The molecule has 0 bridgehead atoms. The lowest BCUT2D eigenvalue weighted by Crippen LogP contribution is -2.10. The number of alkyl halides is 3. The number of nitrogens with zero attached hydrogens (tertiary/aromatic N) is 2. The summed E-state index contributed by atoms with van der Waals surface area (Å²) in [5.74, 6) is 0.462. The van der Waals surface area contributed by atoms with E-state index >= 15 is 0 Å². The van der Waals surface area contributed by atoms with Crippen LogP contribution in [0.2, 0.25) is 0 Å². The van der Waals surface area contributed by atoms with Crippen molar-refractivity contribution < 1.29 is 13.2 Å². The largest absolute Gasteiger partial charge is 0.417 e. The second kappa shape index (κ2) is 6.41. The van der Waals surface area contributed by atoms with E-state index in [0.29, 0.717) is 5.75 Å². The molecule has 1 aromatic heterocycles. The Kier molecular flexibility index (Phi) is 4.77. The van der Waals surface area contributed by atoms with Gasteiger partial charge in [0.15, 0.2) is 0 Å². The zero-order valence-electron chi connectivity index (χ0n) is 12.0. The summed E-state index contributed by atoms with van der Waals surface area (Å²) in [5.41, 5.74) is 0.973. The van der Waals surface area contributed by atoms with E-state index in [1.54, 1.807) is 6.07 Å². The third-order valence-corrected chi connectivity index (χ3v) is 4.04. The van der Waals surface area contributed by atoms with Crippen molar-refractivity contribution in [2.24, 2.45) is 0 Å². The lowest BCUT2D eigenvalue weighted by atomic mass is 10.1. The molecule has 1 aromatic carbocycles. The summed E-state index contributed by atoms with van der Waals surface area (Å²) in [6.45, 7) is 3.44. The van der Waals surface area contributed by atoms with Crippen LogP contribution in [-0.4, -0.2) is 4.98 Å². The van der Waals surface area contributed by atoms with Gasteiger partial charge in [0.1, 0.15) is 11.1 Å². The first-order valence-corrected chi connectivity index (χ1v) is 7.47. The highest BCUT2D eigenvalue weighted by molar-refractivity contribution is 7.98. The Hall–Kier alpha value is -2.00. The van der Waals surface area contributed by atoms with Gasteiger partial charge in [0.25, 0.3) is 0 Å². The molecular weight excluding hydrogens is 309 g/mol. The molecule has 0 aliphatic heterocycles. The maximum atomic E-state index is 13.0. The Balaban J connectivity index is 2.35. The summed E-state index contributed by atoms with van der Waals surface area (Å²) in [4.78, 5) is 4.10. The summed E-state index contributed by atoms with van der Waals surface area (Å²) in [6, 6.07) is 10.2. The summed E-state index contributed by atoms with van der Waals surface area (Å²) in [7, 11) is 0. The third-order valence-electron chi connectivity index (χ3n) is 2.99. The van der Waals surface area contributed by atoms with Crippen molar-refractivity contribution >= 4 is 11.8 Å². The van der Waals surface area contributed by atoms with Crippen LogP contribution in [0.25, 0.3) is 0 Å². The topological polar surface area (TPSA) is 36.7 Å². The number of hydrogen-bond donors (Lipinski definition) is 0. The van der Waals surface area contributed by atoms with Crippen molar-refractivity contribution in [3.8, 4) is 6.07 Å². The standard InChI is InChI=1S/C16H13F3N2S/c1-10-4-3-5-12(6-10)9-22-15-13(8-20)14(16(17,18)19)7-11(2)21-15/h3-7H,9H2,1-2H3. The molecule has 2 rings (SSSR count). The highest BCUT2D eigenvalue weighted by Crippen LogP contribution is 2.36. The van der Waals surface area contributed by atoms with Gasteiger partial charge >= 0.3 is 6.18 Å². The highest BCUT2D eigenvalue weighted by atomic mass is 32.2. The molecule has 2 aromatic rings. The number of aryl methyl sites for hydroxylation is 2. The van der Waals surface area contributed by atoms with E-state index in [4.69, 9.17) is 5.26 Å². The van der Waals surface area contributed by atoms with Crippen LogP contribution in [0.4, 0.5) is 13.2 Å². The Bertz CT molecular complexity index is 733. The Morgan fingerprint density at radius 2 is 1.95 bits per heavy atom. The van der Waals surface area contributed by atoms with Crippen molar-refractivity contribution in [3.05, 3.63) is 58.3 Å². The molecule has 0 radical (unpaired) electrons. The zero-order valence-corrected chi connectivity index (χ0v) is 12.8. The highest BCUT2D eigenvalue weighted by Gasteiger charge is 2.35. The first kappa shape index (κ1) is 16.4. The second-order valence-corrected chi connectivity index (χ2v) is 5.84. The fraction of sp³-hybridized carbons (Fsp3) is 0.250. The lowest BCUT2D eigenvalue weighted by molar-refractivity contribution is -0.138. The zero-order chi connectivity index (χ0) is 16.3. The summed E-state index contributed by atoms with van der Waals surface area (Å²) >= 11 is 1.14. The Morgan fingerprint density at radius 1 is 1.23 bits per heavy atom. The van der Waals surface area contributed by atoms with Crippen molar-refractivity contribution in [1.82, 2.24) is 4.98 Å². The molecule has 2 nitrogen and oxygen atoms in total. The first-order chi connectivity index (χ1) is 10.3. The van der Waals surface area contributed by atoms with Crippen LogP contribution in [-0.2, 0) is 11.9 Å². The van der Waals surface area contributed by atoms with E-state index in [9.17, 15) is 13.2 Å². The maximum Gasteiger partial charge on any atom is 0.417 e. The smallest absolute Gasteiger partial charge is 0.245 e. The minimum Gasteiger partial charge on any atom is -0.245 e. The van der Waals surface area contributed by atoms with E-state index in [-0.39, 0.29) is 10.7 Å². The number of benzene rings is 1. The number of halogens is 3. The van der Waals surface area contributed by atoms with Gasteiger partial charge in [-0.2, -0.15) is 18.4 Å². The van der Waals surface area contributed by atoms with E-state index < -0.39 is 17.3 Å². The second-order valence-electron chi connectivity index (χ2n) is 4.88. The Morgan fingerprint density at radius 3 is 2.55 bits per heavy atom. The van der Waals surface area contributed by atoms with Gasteiger partial charge in [-0.25, -0.2) is 4.98 Å². The number of rotatable bonds is 3. The average molecular weight is 322 g/mol. The number of hydrogen-bond acceptors (Lipinski definition) is 3. The number of thioether (sulfide) groups is 1. The molecule has 0 saturated carbocycles. The van der Waals surface area contributed by atoms with Crippen molar-refractivity contribution in [2.75, 3.05) is 0 Å². The summed E-state index contributed by atoms with van der Waals surface area (Å²) in [6.07, 6.45) is -4.56.